The Balaban J connectivity index is 2.96. The molecule has 0 saturated heterocycles. The number of nitrogens with two attached hydrogens (primary N) is 1. The SMILES string of the molecule is CN(C)NC(CN)c1cccc(F)c1F. The lowest BCUT2D eigenvalue weighted by molar-refractivity contribution is 0.241. The van der Waals surface area contributed by atoms with E-state index in [-0.39, 0.29) is 12.1 Å². The van der Waals surface area contributed by atoms with Crippen LogP contribution in [0.3, 0.4) is 0 Å². The van der Waals surface area contributed by atoms with Crippen LogP contribution in [-0.2, 0) is 0 Å². The molecule has 1 aromatic rings. The molecular formula is C10H15F2N3. The summed E-state index contributed by atoms with van der Waals surface area (Å²) in [5, 5.41) is 1.65. The maximum Gasteiger partial charge on any atom is 0.163 e. The Morgan fingerprint density at radius 3 is 2.60 bits per heavy atom. The summed E-state index contributed by atoms with van der Waals surface area (Å²) in [4.78, 5) is 0. The number of benzene rings is 1. The number of nitrogens with zero attached hydrogens (tertiary/aromatic N) is 1. The molecule has 0 heterocycles. The summed E-state index contributed by atoms with van der Waals surface area (Å²) in [5.74, 6) is -1.70. The van der Waals surface area contributed by atoms with Gasteiger partial charge in [-0.1, -0.05) is 12.1 Å². The highest BCUT2D eigenvalue weighted by molar-refractivity contribution is 5.22. The average molecular weight is 215 g/mol. The maximum absolute atomic E-state index is 13.4. The molecule has 3 N–H and O–H groups in total. The van der Waals surface area contributed by atoms with Gasteiger partial charge in [-0.25, -0.2) is 19.2 Å². The van der Waals surface area contributed by atoms with Gasteiger partial charge in [0.25, 0.3) is 0 Å². The van der Waals surface area contributed by atoms with E-state index in [9.17, 15) is 8.78 Å². The summed E-state index contributed by atoms with van der Waals surface area (Å²) in [5.41, 5.74) is 8.65. The van der Waals surface area contributed by atoms with E-state index in [1.54, 1.807) is 19.1 Å². The van der Waals surface area contributed by atoms with Crippen molar-refractivity contribution in [2.75, 3.05) is 20.6 Å². The molecule has 84 valence electrons. The quantitative estimate of drug-likeness (QED) is 0.737. The number of rotatable bonds is 4. The molecule has 0 fully saturated rings. The molecule has 3 nitrogen and oxygen atoms in total. The highest BCUT2D eigenvalue weighted by Gasteiger charge is 2.16. The molecule has 1 atom stereocenters. The fourth-order valence-electron chi connectivity index (χ4n) is 1.35. The van der Waals surface area contributed by atoms with Crippen LogP contribution in [0.5, 0.6) is 0 Å². The lowest BCUT2D eigenvalue weighted by Gasteiger charge is -2.22. The monoisotopic (exact) mass is 215 g/mol. The molecule has 0 amide bonds. The standard InChI is InChI=1S/C10H15F2N3/c1-15(2)14-9(6-13)7-4-3-5-8(11)10(7)12/h3-5,9,14H,6,13H2,1-2H3. The topological polar surface area (TPSA) is 41.3 Å². The first-order valence-corrected chi connectivity index (χ1v) is 4.63. The highest BCUT2D eigenvalue weighted by Crippen LogP contribution is 2.18. The van der Waals surface area contributed by atoms with E-state index < -0.39 is 17.7 Å². The Hall–Kier alpha value is -1.04. The van der Waals surface area contributed by atoms with Crippen molar-refractivity contribution in [1.82, 2.24) is 10.4 Å². The van der Waals surface area contributed by atoms with Crippen molar-refractivity contribution in [3.63, 3.8) is 0 Å². The van der Waals surface area contributed by atoms with Crippen molar-refractivity contribution in [2.45, 2.75) is 6.04 Å². The fraction of sp³-hybridized carbons (Fsp3) is 0.400. The summed E-state index contributed by atoms with van der Waals surface area (Å²) >= 11 is 0. The lowest BCUT2D eigenvalue weighted by atomic mass is 10.1. The van der Waals surface area contributed by atoms with E-state index in [4.69, 9.17) is 5.73 Å². The van der Waals surface area contributed by atoms with Crippen LogP contribution >= 0.6 is 0 Å². The van der Waals surface area contributed by atoms with Gasteiger partial charge in [0.2, 0.25) is 0 Å². The van der Waals surface area contributed by atoms with Gasteiger partial charge in [-0.05, 0) is 6.07 Å². The third-order valence-electron chi connectivity index (χ3n) is 2.01. The Morgan fingerprint density at radius 2 is 2.07 bits per heavy atom. The van der Waals surface area contributed by atoms with Crippen molar-refractivity contribution in [3.8, 4) is 0 Å². The number of nitrogens with one attached hydrogen (secondary N) is 1. The lowest BCUT2D eigenvalue weighted by Crippen LogP contribution is -2.38. The molecule has 0 saturated carbocycles. The Morgan fingerprint density at radius 1 is 1.40 bits per heavy atom. The zero-order chi connectivity index (χ0) is 11.4. The number of hydrogen-bond donors (Lipinski definition) is 2. The fourth-order valence-corrected chi connectivity index (χ4v) is 1.35. The van der Waals surface area contributed by atoms with E-state index in [1.807, 2.05) is 0 Å². The van der Waals surface area contributed by atoms with Crippen molar-refractivity contribution in [3.05, 3.63) is 35.4 Å². The molecule has 0 radical (unpaired) electrons. The molecule has 0 aliphatic heterocycles. The van der Waals surface area contributed by atoms with E-state index in [2.05, 4.69) is 5.43 Å². The third-order valence-corrected chi connectivity index (χ3v) is 2.01. The summed E-state index contributed by atoms with van der Waals surface area (Å²) in [6, 6.07) is 3.65. The molecular weight excluding hydrogens is 200 g/mol. The van der Waals surface area contributed by atoms with Gasteiger partial charge in [0.1, 0.15) is 0 Å². The molecule has 0 spiro atoms. The zero-order valence-electron chi connectivity index (χ0n) is 8.80. The maximum atomic E-state index is 13.4. The molecule has 1 rings (SSSR count). The van der Waals surface area contributed by atoms with Crippen LogP contribution in [0, 0.1) is 11.6 Å². The molecule has 5 heteroatoms. The second-order valence-electron chi connectivity index (χ2n) is 3.45. The number of hydrogen-bond acceptors (Lipinski definition) is 3. The molecule has 0 aliphatic rings. The first kappa shape index (κ1) is 12.0. The summed E-state index contributed by atoms with van der Waals surface area (Å²) in [6.45, 7) is 0.193. The number of hydrazine groups is 1. The smallest absolute Gasteiger partial charge is 0.163 e. The van der Waals surface area contributed by atoms with E-state index in [0.29, 0.717) is 0 Å². The minimum atomic E-state index is -0.855. The minimum absolute atomic E-state index is 0.193. The van der Waals surface area contributed by atoms with Crippen LogP contribution in [0.2, 0.25) is 0 Å². The van der Waals surface area contributed by atoms with Crippen molar-refractivity contribution in [1.29, 1.82) is 0 Å². The van der Waals surface area contributed by atoms with Crippen LogP contribution in [-0.4, -0.2) is 25.6 Å². The van der Waals surface area contributed by atoms with E-state index in [1.165, 1.54) is 12.1 Å². The highest BCUT2D eigenvalue weighted by atomic mass is 19.2. The van der Waals surface area contributed by atoms with Gasteiger partial charge in [-0.15, -0.1) is 0 Å². The molecule has 15 heavy (non-hydrogen) atoms. The van der Waals surface area contributed by atoms with Gasteiger partial charge in [0, 0.05) is 26.2 Å². The predicted octanol–water partition coefficient (Wildman–Crippen LogP) is 1.03. The Bertz CT molecular complexity index is 328. The van der Waals surface area contributed by atoms with Crippen molar-refractivity contribution >= 4 is 0 Å². The van der Waals surface area contributed by atoms with Crippen LogP contribution in [0.25, 0.3) is 0 Å². The average Bonchev–Trinajstić information content (AvgIpc) is 2.19. The van der Waals surface area contributed by atoms with Gasteiger partial charge < -0.3 is 5.73 Å². The van der Waals surface area contributed by atoms with Crippen LogP contribution in [0.15, 0.2) is 18.2 Å². The van der Waals surface area contributed by atoms with Crippen LogP contribution in [0.1, 0.15) is 11.6 Å². The second kappa shape index (κ2) is 5.16. The molecule has 0 aromatic heterocycles. The van der Waals surface area contributed by atoms with Gasteiger partial charge in [-0.2, -0.15) is 0 Å². The minimum Gasteiger partial charge on any atom is -0.329 e. The Labute approximate surface area is 87.8 Å². The van der Waals surface area contributed by atoms with Crippen LogP contribution in [0.4, 0.5) is 8.78 Å². The summed E-state index contributed by atoms with van der Waals surface area (Å²) < 4.78 is 26.4. The van der Waals surface area contributed by atoms with Gasteiger partial charge in [-0.3, -0.25) is 0 Å². The first-order valence-electron chi connectivity index (χ1n) is 4.63. The molecule has 1 aromatic carbocycles. The van der Waals surface area contributed by atoms with E-state index >= 15 is 0 Å². The van der Waals surface area contributed by atoms with Gasteiger partial charge >= 0.3 is 0 Å². The number of halogens is 2. The van der Waals surface area contributed by atoms with Crippen molar-refractivity contribution < 1.29 is 8.78 Å². The van der Waals surface area contributed by atoms with Crippen LogP contribution < -0.4 is 11.2 Å². The predicted molar refractivity (Wildman–Crippen MR) is 55.0 cm³/mol. The zero-order valence-corrected chi connectivity index (χ0v) is 8.80. The van der Waals surface area contributed by atoms with Gasteiger partial charge in [0.05, 0.1) is 6.04 Å². The van der Waals surface area contributed by atoms with Gasteiger partial charge in [0.15, 0.2) is 11.6 Å². The Kier molecular flexibility index (Phi) is 4.14. The normalized spacial score (nSPS) is 13.2. The molecule has 0 bridgehead atoms. The summed E-state index contributed by atoms with van der Waals surface area (Å²) in [7, 11) is 3.53. The second-order valence-corrected chi connectivity index (χ2v) is 3.45. The molecule has 0 aliphatic carbocycles. The van der Waals surface area contributed by atoms with E-state index in [0.717, 1.165) is 6.07 Å². The first-order chi connectivity index (χ1) is 7.06. The summed E-state index contributed by atoms with van der Waals surface area (Å²) in [6.07, 6.45) is 0. The molecule has 1 unspecified atom stereocenters. The van der Waals surface area contributed by atoms with Crippen molar-refractivity contribution in [2.24, 2.45) is 5.73 Å². The third kappa shape index (κ3) is 2.95. The largest absolute Gasteiger partial charge is 0.329 e.